The second kappa shape index (κ2) is 6.27. The van der Waals surface area contributed by atoms with E-state index in [1.54, 1.807) is 13.3 Å². The predicted molar refractivity (Wildman–Crippen MR) is 53.2 cm³/mol. The number of hydrogen-bond acceptors (Lipinski definition) is 2. The van der Waals surface area contributed by atoms with Crippen molar-refractivity contribution in [1.29, 1.82) is 5.41 Å². The predicted octanol–water partition coefficient (Wildman–Crippen LogP) is 1.21. The summed E-state index contributed by atoms with van der Waals surface area (Å²) in [6.45, 7) is 3.71. The van der Waals surface area contributed by atoms with Crippen LogP contribution in [0.2, 0.25) is 0 Å². The molecule has 0 saturated carbocycles. The maximum Gasteiger partial charge on any atom is 0.153 e. The van der Waals surface area contributed by atoms with E-state index >= 15 is 0 Å². The summed E-state index contributed by atoms with van der Waals surface area (Å²) in [6, 6.07) is 0. The third-order valence-corrected chi connectivity index (χ3v) is 1.21. The van der Waals surface area contributed by atoms with Crippen LogP contribution in [0.4, 0.5) is 0 Å². The van der Waals surface area contributed by atoms with Crippen LogP contribution in [-0.4, -0.2) is 25.4 Å². The van der Waals surface area contributed by atoms with Crippen molar-refractivity contribution in [2.45, 2.75) is 13.8 Å². The van der Waals surface area contributed by atoms with Crippen LogP contribution in [0.15, 0.2) is 21.8 Å². The van der Waals surface area contributed by atoms with Crippen LogP contribution >= 0.6 is 0 Å². The van der Waals surface area contributed by atoms with Crippen molar-refractivity contribution in [2.75, 3.05) is 7.05 Å². The first kappa shape index (κ1) is 10.6. The zero-order valence-electron chi connectivity index (χ0n) is 7.63. The summed E-state index contributed by atoms with van der Waals surface area (Å²) in [6.07, 6.45) is 4.51. The lowest BCUT2D eigenvalue weighted by Crippen LogP contribution is -2.20. The molecule has 0 radical (unpaired) electrons. The van der Waals surface area contributed by atoms with Gasteiger partial charge in [0.15, 0.2) is 5.84 Å². The first-order chi connectivity index (χ1) is 5.79. The van der Waals surface area contributed by atoms with E-state index < -0.39 is 0 Å². The van der Waals surface area contributed by atoms with Crippen LogP contribution in [0, 0.1) is 5.41 Å². The standard InChI is InChI=1S/C8H14N4/c1-4-7(11-5-2)8(10-3)12-6-9/h4-6H,1-3H3,(H2,9,10,12)/b7-4+,11-5-. The first-order valence-corrected chi connectivity index (χ1v) is 3.70. The summed E-state index contributed by atoms with van der Waals surface area (Å²) in [4.78, 5) is 7.87. The number of amidine groups is 1. The number of nitrogens with zero attached hydrogens (tertiary/aromatic N) is 2. The molecule has 0 aliphatic rings. The lowest BCUT2D eigenvalue weighted by atomic mass is 10.4. The summed E-state index contributed by atoms with van der Waals surface area (Å²) in [5.41, 5.74) is 0.739. The molecule has 0 atom stereocenters. The zero-order valence-corrected chi connectivity index (χ0v) is 7.63. The van der Waals surface area contributed by atoms with E-state index in [4.69, 9.17) is 5.41 Å². The van der Waals surface area contributed by atoms with Crippen molar-refractivity contribution >= 4 is 18.4 Å². The van der Waals surface area contributed by atoms with Crippen LogP contribution in [-0.2, 0) is 0 Å². The summed E-state index contributed by atoms with van der Waals surface area (Å²) < 4.78 is 0. The van der Waals surface area contributed by atoms with E-state index in [1.165, 1.54) is 0 Å². The molecule has 0 aromatic rings. The topological polar surface area (TPSA) is 60.6 Å². The van der Waals surface area contributed by atoms with Gasteiger partial charge in [-0.05, 0) is 13.8 Å². The van der Waals surface area contributed by atoms with Crippen LogP contribution in [0.25, 0.3) is 0 Å². The zero-order chi connectivity index (χ0) is 9.40. The number of aliphatic imine (C=N–C) groups is 2. The van der Waals surface area contributed by atoms with Gasteiger partial charge >= 0.3 is 0 Å². The van der Waals surface area contributed by atoms with Gasteiger partial charge in [0.1, 0.15) is 12.0 Å². The number of rotatable bonds is 3. The van der Waals surface area contributed by atoms with Crippen LogP contribution in [0.3, 0.4) is 0 Å². The van der Waals surface area contributed by atoms with Gasteiger partial charge in [0.05, 0.1) is 0 Å². The van der Waals surface area contributed by atoms with Gasteiger partial charge in [-0.3, -0.25) is 10.4 Å². The van der Waals surface area contributed by atoms with Crippen molar-refractivity contribution in [1.82, 2.24) is 5.32 Å². The highest BCUT2D eigenvalue weighted by Gasteiger charge is 1.99. The molecule has 0 bridgehead atoms. The van der Waals surface area contributed by atoms with Crippen molar-refractivity contribution in [2.24, 2.45) is 9.98 Å². The third kappa shape index (κ3) is 3.09. The average Bonchev–Trinajstić information content (AvgIpc) is 2.11. The molecule has 0 amide bonds. The molecule has 0 aromatic heterocycles. The van der Waals surface area contributed by atoms with E-state index in [2.05, 4.69) is 15.3 Å². The van der Waals surface area contributed by atoms with Gasteiger partial charge in [-0.25, -0.2) is 4.99 Å². The molecule has 2 N–H and O–H groups in total. The summed E-state index contributed by atoms with van der Waals surface area (Å²) in [7, 11) is 1.75. The lowest BCUT2D eigenvalue weighted by molar-refractivity contribution is 1.15. The first-order valence-electron chi connectivity index (χ1n) is 3.70. The smallest absolute Gasteiger partial charge is 0.153 e. The van der Waals surface area contributed by atoms with Gasteiger partial charge in [-0.15, -0.1) is 0 Å². The molecule has 0 fully saturated rings. The number of likely N-dealkylation sites (N-methyl/N-ethyl adjacent to an activating group) is 1. The molecule has 0 aromatic carbocycles. The van der Waals surface area contributed by atoms with Crippen LogP contribution in [0.1, 0.15) is 13.8 Å². The Morgan fingerprint density at radius 3 is 2.42 bits per heavy atom. The molecule has 4 heteroatoms. The Morgan fingerprint density at radius 1 is 1.42 bits per heavy atom. The minimum absolute atomic E-state index is 0.602. The Hall–Kier alpha value is -1.45. The maximum atomic E-state index is 6.81. The van der Waals surface area contributed by atoms with Crippen LogP contribution in [0.5, 0.6) is 0 Å². The molecule has 0 spiro atoms. The Bertz CT molecular complexity index is 225. The fourth-order valence-electron chi connectivity index (χ4n) is 0.735. The highest BCUT2D eigenvalue weighted by atomic mass is 15.0. The molecule has 0 saturated heterocycles. The fraction of sp³-hybridized carbons (Fsp3) is 0.375. The number of nitrogens with one attached hydrogen (secondary N) is 2. The molecule has 0 aliphatic heterocycles. The second-order valence-corrected chi connectivity index (χ2v) is 1.92. The van der Waals surface area contributed by atoms with Gasteiger partial charge < -0.3 is 5.32 Å². The summed E-state index contributed by atoms with van der Waals surface area (Å²) in [5, 5.41) is 9.66. The molecule has 0 unspecified atom stereocenters. The minimum atomic E-state index is 0.602. The van der Waals surface area contributed by atoms with E-state index in [1.807, 2.05) is 19.9 Å². The molecule has 0 aliphatic carbocycles. The van der Waals surface area contributed by atoms with E-state index in [9.17, 15) is 0 Å². The number of allylic oxidation sites excluding steroid dienone is 1. The SMILES string of the molecule is C\C=N/C(=C/C)C(=N\C=N)/NC. The van der Waals surface area contributed by atoms with E-state index in [0.29, 0.717) is 5.84 Å². The van der Waals surface area contributed by atoms with Crippen molar-refractivity contribution < 1.29 is 0 Å². The van der Waals surface area contributed by atoms with Gasteiger partial charge in [0.2, 0.25) is 0 Å². The minimum Gasteiger partial charge on any atom is -0.371 e. The monoisotopic (exact) mass is 166 g/mol. The maximum absolute atomic E-state index is 6.81. The van der Waals surface area contributed by atoms with Gasteiger partial charge in [0.25, 0.3) is 0 Å². The molecule has 4 nitrogen and oxygen atoms in total. The van der Waals surface area contributed by atoms with Crippen LogP contribution < -0.4 is 5.32 Å². The molecular weight excluding hydrogens is 152 g/mol. The summed E-state index contributed by atoms with van der Waals surface area (Å²) in [5.74, 6) is 0.602. The highest BCUT2D eigenvalue weighted by molar-refractivity contribution is 6.02. The van der Waals surface area contributed by atoms with E-state index in [-0.39, 0.29) is 0 Å². The largest absolute Gasteiger partial charge is 0.371 e. The van der Waals surface area contributed by atoms with Gasteiger partial charge in [-0.2, -0.15) is 0 Å². The number of hydrogen-bond donors (Lipinski definition) is 2. The third-order valence-electron chi connectivity index (χ3n) is 1.21. The normalized spacial score (nSPS) is 13.6. The van der Waals surface area contributed by atoms with Crippen molar-refractivity contribution in [3.05, 3.63) is 11.8 Å². The van der Waals surface area contributed by atoms with Crippen molar-refractivity contribution in [3.63, 3.8) is 0 Å². The lowest BCUT2D eigenvalue weighted by Gasteiger charge is -2.02. The summed E-state index contributed by atoms with van der Waals surface area (Å²) >= 11 is 0. The Kier molecular flexibility index (Phi) is 5.51. The van der Waals surface area contributed by atoms with Gasteiger partial charge in [0, 0.05) is 13.3 Å². The van der Waals surface area contributed by atoms with Gasteiger partial charge in [-0.1, -0.05) is 6.08 Å². The van der Waals surface area contributed by atoms with Crippen molar-refractivity contribution in [3.8, 4) is 0 Å². The molecule has 0 rings (SSSR count). The second-order valence-electron chi connectivity index (χ2n) is 1.92. The molecule has 12 heavy (non-hydrogen) atoms. The molecular formula is C8H14N4. The fourth-order valence-corrected chi connectivity index (χ4v) is 0.735. The Balaban J connectivity index is 4.69. The Labute approximate surface area is 72.6 Å². The molecule has 0 heterocycles. The Morgan fingerprint density at radius 2 is 2.08 bits per heavy atom. The highest BCUT2D eigenvalue weighted by Crippen LogP contribution is 1.96. The molecule has 66 valence electrons. The average molecular weight is 166 g/mol. The van der Waals surface area contributed by atoms with E-state index in [0.717, 1.165) is 12.0 Å². The quantitative estimate of drug-likeness (QED) is 0.480.